The third kappa shape index (κ3) is 4.16. The number of rotatable bonds is 6. The van der Waals surface area contributed by atoms with Crippen LogP contribution in [-0.2, 0) is 11.4 Å². The van der Waals surface area contributed by atoms with Gasteiger partial charge in [0, 0.05) is 23.2 Å². The van der Waals surface area contributed by atoms with E-state index in [9.17, 15) is 4.79 Å². The maximum Gasteiger partial charge on any atom is 0.259 e. The van der Waals surface area contributed by atoms with Gasteiger partial charge in [0.2, 0.25) is 0 Å². The van der Waals surface area contributed by atoms with E-state index in [1.165, 1.54) is 5.56 Å². The molecule has 0 saturated heterocycles. The van der Waals surface area contributed by atoms with Gasteiger partial charge >= 0.3 is 0 Å². The van der Waals surface area contributed by atoms with Gasteiger partial charge in [0.25, 0.3) is 5.91 Å². The van der Waals surface area contributed by atoms with Crippen LogP contribution in [0.3, 0.4) is 0 Å². The minimum Gasteiger partial charge on any atom is -0.488 e. The van der Waals surface area contributed by atoms with E-state index in [4.69, 9.17) is 4.74 Å². The Hall–Kier alpha value is -3.33. The second kappa shape index (κ2) is 8.58. The molecule has 0 unspecified atom stereocenters. The van der Waals surface area contributed by atoms with Crippen molar-refractivity contribution < 1.29 is 9.53 Å². The maximum atomic E-state index is 13.2. The highest BCUT2D eigenvalue weighted by atomic mass is 16.5. The van der Waals surface area contributed by atoms with E-state index < -0.39 is 0 Å². The van der Waals surface area contributed by atoms with Crippen molar-refractivity contribution in [2.75, 3.05) is 11.4 Å². The van der Waals surface area contributed by atoms with E-state index in [2.05, 4.69) is 45.0 Å². The summed E-state index contributed by atoms with van der Waals surface area (Å²) in [5, 5.41) is 0. The van der Waals surface area contributed by atoms with Gasteiger partial charge in [-0.2, -0.15) is 0 Å². The van der Waals surface area contributed by atoms with E-state index in [1.807, 2.05) is 59.5 Å². The largest absolute Gasteiger partial charge is 0.488 e. The van der Waals surface area contributed by atoms with Crippen LogP contribution in [0.4, 0.5) is 5.69 Å². The summed E-state index contributed by atoms with van der Waals surface area (Å²) in [6.07, 6.45) is 1.96. The van der Waals surface area contributed by atoms with Gasteiger partial charge in [0.05, 0.1) is 5.69 Å². The molecule has 1 aliphatic heterocycles. The molecule has 0 spiro atoms. The number of hydrogen-bond acceptors (Lipinski definition) is 2. The number of ether oxygens (including phenoxy) is 1. The van der Waals surface area contributed by atoms with Gasteiger partial charge in [-0.3, -0.25) is 4.79 Å². The number of carbonyl (C=O) groups is 1. The minimum absolute atomic E-state index is 0.0539. The lowest BCUT2D eigenvalue weighted by Crippen LogP contribution is -2.30. The van der Waals surface area contributed by atoms with Crippen molar-refractivity contribution in [1.29, 1.82) is 0 Å². The summed E-state index contributed by atoms with van der Waals surface area (Å²) >= 11 is 0. The summed E-state index contributed by atoms with van der Waals surface area (Å²) in [7, 11) is 0. The molecule has 1 heterocycles. The lowest BCUT2D eigenvalue weighted by molar-refractivity contribution is -0.113. The molecule has 152 valence electrons. The molecule has 0 fully saturated rings. The number of hydrogen-bond donors (Lipinski definition) is 0. The molecule has 0 aromatic heterocycles. The van der Waals surface area contributed by atoms with Crippen molar-refractivity contribution in [3.05, 3.63) is 95.1 Å². The number of amides is 1. The van der Waals surface area contributed by atoms with Crippen molar-refractivity contribution in [3.63, 3.8) is 0 Å². The quantitative estimate of drug-likeness (QED) is 0.469. The normalized spacial score (nSPS) is 14.5. The number of para-hydroxylation sites is 2. The Labute approximate surface area is 178 Å². The number of carbonyl (C=O) groups excluding carboxylic acids is 1. The Balaban J connectivity index is 1.65. The second-order valence-electron chi connectivity index (χ2n) is 8.20. The molecule has 3 aromatic rings. The zero-order chi connectivity index (χ0) is 21.1. The molecule has 30 heavy (non-hydrogen) atoms. The predicted molar refractivity (Wildman–Crippen MR) is 123 cm³/mol. The molecule has 4 rings (SSSR count). The highest BCUT2D eigenvalue weighted by Gasteiger charge is 2.32. The van der Waals surface area contributed by atoms with Crippen LogP contribution in [0, 0.1) is 12.8 Å². The lowest BCUT2D eigenvalue weighted by atomic mass is 10.0. The van der Waals surface area contributed by atoms with Crippen LogP contribution >= 0.6 is 0 Å². The molecule has 0 atom stereocenters. The third-order valence-electron chi connectivity index (χ3n) is 5.24. The predicted octanol–water partition coefficient (Wildman–Crippen LogP) is 6.12. The van der Waals surface area contributed by atoms with Gasteiger partial charge in [-0.15, -0.1) is 0 Å². The first-order chi connectivity index (χ1) is 14.5. The van der Waals surface area contributed by atoms with Gasteiger partial charge in [-0.1, -0.05) is 80.1 Å². The average Bonchev–Trinajstić information content (AvgIpc) is 3.00. The topological polar surface area (TPSA) is 29.5 Å². The first kappa shape index (κ1) is 20.0. The number of fused-ring (bicyclic) bond motifs is 1. The monoisotopic (exact) mass is 397 g/mol. The molecule has 1 aliphatic rings. The first-order valence-electron chi connectivity index (χ1n) is 10.4. The maximum absolute atomic E-state index is 13.2. The number of nitrogens with zero attached hydrogens (tertiary/aromatic N) is 1. The van der Waals surface area contributed by atoms with E-state index in [0.29, 0.717) is 19.1 Å². The Bertz CT molecular complexity index is 1080. The summed E-state index contributed by atoms with van der Waals surface area (Å²) in [4.78, 5) is 15.1. The zero-order valence-electron chi connectivity index (χ0n) is 17.8. The van der Waals surface area contributed by atoms with Crippen LogP contribution in [0.2, 0.25) is 0 Å². The number of anilines is 1. The van der Waals surface area contributed by atoms with Crippen LogP contribution in [0.25, 0.3) is 11.6 Å². The van der Waals surface area contributed by atoms with Crippen LogP contribution in [0.5, 0.6) is 5.75 Å². The molecular formula is C27H27NO2. The fraction of sp³-hybridized carbons (Fsp3) is 0.222. The highest BCUT2D eigenvalue weighted by Crippen LogP contribution is 2.39. The molecule has 0 aliphatic carbocycles. The van der Waals surface area contributed by atoms with Crippen LogP contribution < -0.4 is 9.64 Å². The summed E-state index contributed by atoms with van der Waals surface area (Å²) in [6, 6.07) is 24.2. The molecule has 1 amide bonds. The van der Waals surface area contributed by atoms with E-state index in [-0.39, 0.29) is 5.91 Å². The Morgan fingerprint density at radius 1 is 0.933 bits per heavy atom. The average molecular weight is 398 g/mol. The summed E-state index contributed by atoms with van der Waals surface area (Å²) in [5.74, 6) is 1.22. The van der Waals surface area contributed by atoms with Gasteiger partial charge < -0.3 is 9.64 Å². The van der Waals surface area contributed by atoms with Crippen molar-refractivity contribution >= 4 is 23.2 Å². The molecule has 0 N–H and O–H groups in total. The van der Waals surface area contributed by atoms with Gasteiger partial charge in [-0.05, 0) is 36.6 Å². The smallest absolute Gasteiger partial charge is 0.259 e. The molecule has 0 saturated carbocycles. The zero-order valence-corrected chi connectivity index (χ0v) is 17.8. The van der Waals surface area contributed by atoms with E-state index in [1.54, 1.807) is 0 Å². The fourth-order valence-corrected chi connectivity index (χ4v) is 3.72. The van der Waals surface area contributed by atoms with Gasteiger partial charge in [-0.25, -0.2) is 0 Å². The molecule has 3 nitrogen and oxygen atoms in total. The van der Waals surface area contributed by atoms with Crippen LogP contribution in [0.1, 0.15) is 36.1 Å². The minimum atomic E-state index is 0.0539. The number of aryl methyl sites for hydroxylation is 1. The molecule has 3 heteroatoms. The molecule has 0 radical (unpaired) electrons. The summed E-state index contributed by atoms with van der Waals surface area (Å²) in [6.45, 7) is 7.53. The van der Waals surface area contributed by atoms with E-state index >= 15 is 0 Å². The summed E-state index contributed by atoms with van der Waals surface area (Å²) in [5.41, 5.74) is 5.95. The highest BCUT2D eigenvalue weighted by molar-refractivity contribution is 6.35. The van der Waals surface area contributed by atoms with Gasteiger partial charge in [0.1, 0.15) is 12.4 Å². The third-order valence-corrected chi connectivity index (χ3v) is 5.24. The van der Waals surface area contributed by atoms with Crippen molar-refractivity contribution in [2.24, 2.45) is 5.92 Å². The molecule has 0 bridgehead atoms. The summed E-state index contributed by atoms with van der Waals surface area (Å²) < 4.78 is 6.12. The standard InChI is InChI=1S/C27H27NO2/c1-19(2)17-28-25-10-6-5-9-23(25)24(27(28)29)16-22-8-4-7-11-26(22)30-18-21-14-12-20(3)13-15-21/h4-16,19H,17-18H2,1-3H3/b24-16-. The number of benzene rings is 3. The second-order valence-corrected chi connectivity index (χ2v) is 8.20. The van der Waals surface area contributed by atoms with Crippen LogP contribution in [-0.4, -0.2) is 12.5 Å². The van der Waals surface area contributed by atoms with Gasteiger partial charge in [0.15, 0.2) is 0 Å². The first-order valence-corrected chi connectivity index (χ1v) is 10.4. The fourth-order valence-electron chi connectivity index (χ4n) is 3.72. The SMILES string of the molecule is Cc1ccc(COc2ccccc2/C=C2\C(=O)N(CC(C)C)c3ccccc32)cc1. The Morgan fingerprint density at radius 3 is 2.40 bits per heavy atom. The molecular weight excluding hydrogens is 370 g/mol. The Kier molecular flexibility index (Phi) is 5.71. The van der Waals surface area contributed by atoms with E-state index in [0.717, 1.165) is 33.7 Å². The Morgan fingerprint density at radius 2 is 1.63 bits per heavy atom. The van der Waals surface area contributed by atoms with Crippen molar-refractivity contribution in [1.82, 2.24) is 0 Å². The van der Waals surface area contributed by atoms with Crippen LogP contribution in [0.15, 0.2) is 72.8 Å². The molecule has 3 aromatic carbocycles. The van der Waals surface area contributed by atoms with Crippen molar-refractivity contribution in [3.8, 4) is 5.75 Å². The lowest BCUT2D eigenvalue weighted by Gasteiger charge is -2.19. The van der Waals surface area contributed by atoms with Crippen molar-refractivity contribution in [2.45, 2.75) is 27.4 Å².